The summed E-state index contributed by atoms with van der Waals surface area (Å²) < 4.78 is 44.9. The summed E-state index contributed by atoms with van der Waals surface area (Å²) in [7, 11) is 0. The van der Waals surface area contributed by atoms with Gasteiger partial charge in [0.25, 0.3) is 0 Å². The van der Waals surface area contributed by atoms with Crippen molar-refractivity contribution >= 4 is 0 Å². The monoisotopic (exact) mass is 842 g/mol. The number of ether oxygens (including phenoxy) is 7. The molecule has 0 radical (unpaired) electrons. The second kappa shape index (κ2) is 22.4. The highest BCUT2D eigenvalue weighted by molar-refractivity contribution is 5.16. The molecule has 0 unspecified atom stereocenters. The van der Waals surface area contributed by atoms with Gasteiger partial charge in [0.1, 0.15) is 36.6 Å². The Bertz CT molecular complexity index is 2040. The second-order valence-electron chi connectivity index (χ2n) is 14.6. The highest BCUT2D eigenvalue weighted by Crippen LogP contribution is 2.37. The standard InChI is InChI=1S/C39H46N12O10/c1-22-33(55-19-23-11-5-2-6-12-23)36(56-20-24-13-7-3-8-14-24)37(57-21-25-15-9-4-10-16-25)39(58-22)61-35-27(46-50-42)17-26(45-49-41)34(32(35)54)60-38-29(47-51-43)31(53)30(52)28(59-38)18-44-48-40/h2-16,22,26-39,52-54H,17-21H2,1H3/t22-,26+,27-,28-,29-,30-,31-,32+,33+,34-,35+,36+,37-,38-,39-/m1/s1. The fourth-order valence-corrected chi connectivity index (χ4v) is 7.63. The van der Waals surface area contributed by atoms with Crippen molar-refractivity contribution in [2.45, 2.75) is 125 Å². The van der Waals surface area contributed by atoms with Crippen molar-refractivity contribution in [1.82, 2.24) is 0 Å². The summed E-state index contributed by atoms with van der Waals surface area (Å²) in [6.45, 7) is 1.81. The van der Waals surface area contributed by atoms with Crippen LogP contribution < -0.4 is 0 Å². The minimum Gasteiger partial charge on any atom is -0.390 e. The van der Waals surface area contributed by atoms with E-state index in [1.165, 1.54) is 0 Å². The molecule has 2 heterocycles. The Balaban J connectivity index is 1.34. The SMILES string of the molecule is C[C@H]1O[C@H](O[C@@H]2[C@@H](O)[C@H](O[C@H]3O[C@H](CN=[N+]=[N-])[C@@H](O)[C@H](O)[C@H]3N=[N+]=[N-])[C@@H](N=[N+]=[N-])C[C@H]2N=[N+]=[N-])[C@H](OCc2ccccc2)[C@@H](OCc2ccccc2)[C@H]1OCc1ccccc1. The summed E-state index contributed by atoms with van der Waals surface area (Å²) >= 11 is 0. The second-order valence-corrected chi connectivity index (χ2v) is 14.6. The van der Waals surface area contributed by atoms with Gasteiger partial charge in [0.05, 0.1) is 69.0 Å². The van der Waals surface area contributed by atoms with E-state index in [9.17, 15) is 31.9 Å². The first kappa shape index (κ1) is 45.0. The summed E-state index contributed by atoms with van der Waals surface area (Å²) in [6, 6.07) is 24.5. The smallest absolute Gasteiger partial charge is 0.187 e. The van der Waals surface area contributed by atoms with Gasteiger partial charge in [0.2, 0.25) is 0 Å². The lowest BCUT2D eigenvalue weighted by Crippen LogP contribution is -2.65. The Labute approximate surface area is 349 Å². The van der Waals surface area contributed by atoms with Crippen LogP contribution >= 0.6 is 0 Å². The first-order valence-electron chi connectivity index (χ1n) is 19.5. The van der Waals surface area contributed by atoms with Gasteiger partial charge in [-0.25, -0.2) is 0 Å². The van der Waals surface area contributed by atoms with Crippen molar-refractivity contribution in [3.05, 3.63) is 149 Å². The minimum atomic E-state index is -1.78. The third-order valence-electron chi connectivity index (χ3n) is 10.7. The Morgan fingerprint density at radius 3 is 1.52 bits per heavy atom. The van der Waals surface area contributed by atoms with Crippen LogP contribution in [0, 0.1) is 0 Å². The predicted molar refractivity (Wildman–Crippen MR) is 213 cm³/mol. The summed E-state index contributed by atoms with van der Waals surface area (Å²) in [4.78, 5) is 11.3. The number of aliphatic hydroxyl groups is 3. The molecule has 0 bridgehead atoms. The van der Waals surface area contributed by atoms with Gasteiger partial charge in [-0.2, -0.15) is 0 Å². The molecule has 0 aromatic heterocycles. The Morgan fingerprint density at radius 2 is 1.03 bits per heavy atom. The van der Waals surface area contributed by atoms with Gasteiger partial charge in [-0.05, 0) is 52.2 Å². The maximum absolute atomic E-state index is 12.2. The van der Waals surface area contributed by atoms with Crippen molar-refractivity contribution in [3.63, 3.8) is 0 Å². The molecule has 3 aromatic rings. The highest BCUT2D eigenvalue weighted by Gasteiger charge is 2.54. The zero-order valence-corrected chi connectivity index (χ0v) is 32.9. The molecule has 22 heteroatoms. The van der Waals surface area contributed by atoms with Crippen molar-refractivity contribution < 1.29 is 48.5 Å². The molecular formula is C39H46N12O10. The number of nitrogens with zero attached hydrogens (tertiary/aromatic N) is 12. The molecule has 322 valence electrons. The maximum Gasteiger partial charge on any atom is 0.187 e. The molecule has 3 N–H and O–H groups in total. The van der Waals surface area contributed by atoms with Gasteiger partial charge in [-0.3, -0.25) is 0 Å². The van der Waals surface area contributed by atoms with Crippen LogP contribution in [0.5, 0.6) is 0 Å². The lowest BCUT2D eigenvalue weighted by molar-refractivity contribution is -0.343. The molecule has 2 saturated heterocycles. The molecule has 61 heavy (non-hydrogen) atoms. The quantitative estimate of drug-likeness (QED) is 0.0783. The average molecular weight is 843 g/mol. The van der Waals surface area contributed by atoms with Crippen LogP contribution in [0.3, 0.4) is 0 Å². The van der Waals surface area contributed by atoms with E-state index in [0.29, 0.717) is 0 Å². The van der Waals surface area contributed by atoms with Gasteiger partial charge < -0.3 is 48.5 Å². The van der Waals surface area contributed by atoms with E-state index in [-0.39, 0.29) is 26.2 Å². The summed E-state index contributed by atoms with van der Waals surface area (Å²) in [5, 5.41) is 48.4. The molecule has 1 aliphatic carbocycles. The van der Waals surface area contributed by atoms with Gasteiger partial charge in [0.15, 0.2) is 12.6 Å². The third-order valence-corrected chi connectivity index (χ3v) is 10.7. The highest BCUT2D eigenvalue weighted by atomic mass is 16.7. The first-order chi connectivity index (χ1) is 29.8. The van der Waals surface area contributed by atoms with Crippen LogP contribution in [0.2, 0.25) is 0 Å². The Hall–Kier alpha value is -5.50. The zero-order chi connectivity index (χ0) is 43.1. The number of azide groups is 4. The van der Waals surface area contributed by atoms with E-state index in [1.54, 1.807) is 6.92 Å². The molecule has 22 nitrogen and oxygen atoms in total. The number of hydrogen-bond acceptors (Lipinski definition) is 14. The number of benzene rings is 3. The molecule has 2 aliphatic heterocycles. The first-order valence-corrected chi connectivity index (χ1v) is 19.5. The third kappa shape index (κ3) is 11.5. The summed E-state index contributed by atoms with van der Waals surface area (Å²) in [5.41, 5.74) is 40.0. The Morgan fingerprint density at radius 1 is 0.557 bits per heavy atom. The molecule has 6 rings (SSSR count). The normalized spacial score (nSPS) is 33.5. The van der Waals surface area contributed by atoms with Crippen molar-refractivity contribution in [2.24, 2.45) is 20.5 Å². The fraction of sp³-hybridized carbons (Fsp3) is 0.538. The summed E-state index contributed by atoms with van der Waals surface area (Å²) in [5.74, 6) is 0. The van der Waals surface area contributed by atoms with E-state index < -0.39 is 98.3 Å². The largest absolute Gasteiger partial charge is 0.390 e. The van der Waals surface area contributed by atoms with Gasteiger partial charge in [-0.15, -0.1) is 0 Å². The van der Waals surface area contributed by atoms with Crippen molar-refractivity contribution in [3.8, 4) is 0 Å². The van der Waals surface area contributed by atoms with E-state index in [0.717, 1.165) is 16.7 Å². The van der Waals surface area contributed by atoms with Crippen LogP contribution in [0.25, 0.3) is 41.8 Å². The Kier molecular flexibility index (Phi) is 16.5. The predicted octanol–water partition coefficient (Wildman–Crippen LogP) is 5.82. The number of aliphatic hydroxyl groups excluding tert-OH is 3. The number of rotatable bonds is 18. The van der Waals surface area contributed by atoms with Gasteiger partial charge in [-0.1, -0.05) is 111 Å². The lowest BCUT2D eigenvalue weighted by Gasteiger charge is -2.49. The zero-order valence-electron chi connectivity index (χ0n) is 32.9. The molecule has 0 spiro atoms. The lowest BCUT2D eigenvalue weighted by atomic mass is 9.84. The fourth-order valence-electron chi connectivity index (χ4n) is 7.63. The molecule has 3 aliphatic rings. The minimum absolute atomic E-state index is 0.0857. The van der Waals surface area contributed by atoms with E-state index in [1.807, 2.05) is 91.0 Å². The van der Waals surface area contributed by atoms with Crippen molar-refractivity contribution in [2.75, 3.05) is 6.54 Å². The molecule has 3 aromatic carbocycles. The van der Waals surface area contributed by atoms with Crippen LogP contribution in [0.4, 0.5) is 0 Å². The maximum atomic E-state index is 12.2. The topological polar surface area (TPSA) is 320 Å². The van der Waals surface area contributed by atoms with Crippen LogP contribution in [-0.4, -0.2) is 114 Å². The molecule has 3 fully saturated rings. The van der Waals surface area contributed by atoms with E-state index >= 15 is 0 Å². The van der Waals surface area contributed by atoms with Crippen molar-refractivity contribution in [1.29, 1.82) is 0 Å². The summed E-state index contributed by atoms with van der Waals surface area (Å²) in [6.07, 6.45) is -16.0. The van der Waals surface area contributed by atoms with E-state index in [2.05, 4.69) is 40.1 Å². The van der Waals surface area contributed by atoms with Crippen LogP contribution in [0.1, 0.15) is 30.0 Å². The van der Waals surface area contributed by atoms with E-state index in [4.69, 9.17) is 38.7 Å². The molecule has 15 atom stereocenters. The molecule has 0 amide bonds. The van der Waals surface area contributed by atoms with Gasteiger partial charge in [0, 0.05) is 19.6 Å². The van der Waals surface area contributed by atoms with Crippen LogP contribution in [0.15, 0.2) is 111 Å². The van der Waals surface area contributed by atoms with Gasteiger partial charge >= 0.3 is 0 Å². The number of hydrogen-bond donors (Lipinski definition) is 3. The van der Waals surface area contributed by atoms with Crippen LogP contribution in [-0.2, 0) is 53.0 Å². The molecular weight excluding hydrogens is 797 g/mol. The molecule has 1 saturated carbocycles. The average Bonchev–Trinajstić information content (AvgIpc) is 3.27.